The highest BCUT2D eigenvalue weighted by atomic mass is 14.5. The second-order valence-corrected chi connectivity index (χ2v) is 5.23. The van der Waals surface area contributed by atoms with Crippen molar-refractivity contribution in [2.75, 3.05) is 6.54 Å². The molecule has 1 fully saturated rings. The predicted octanol–water partition coefficient (Wildman–Crippen LogP) is 3.58. The molecule has 2 unspecified atom stereocenters. The Kier molecular flexibility index (Phi) is 4.43. The molecule has 1 rings (SSSR count). The van der Waals surface area contributed by atoms with Crippen molar-refractivity contribution >= 4 is 0 Å². The van der Waals surface area contributed by atoms with Crippen LogP contribution in [-0.2, 0) is 0 Å². The van der Waals surface area contributed by atoms with Gasteiger partial charge < -0.3 is 5.73 Å². The third-order valence-electron chi connectivity index (χ3n) is 4.43. The molecule has 14 heavy (non-hydrogen) atoms. The largest absolute Gasteiger partial charge is 0.330 e. The third-order valence-corrected chi connectivity index (χ3v) is 4.43. The van der Waals surface area contributed by atoms with Crippen LogP contribution in [0, 0.1) is 17.3 Å². The monoisotopic (exact) mass is 197 g/mol. The van der Waals surface area contributed by atoms with E-state index in [9.17, 15) is 0 Å². The highest BCUT2D eigenvalue weighted by Crippen LogP contribution is 2.59. The summed E-state index contributed by atoms with van der Waals surface area (Å²) >= 11 is 0. The SMILES string of the molecule is CCC1(CC)CC1CCC(C)CCN. The van der Waals surface area contributed by atoms with E-state index in [0.717, 1.165) is 23.8 Å². The zero-order valence-electron chi connectivity index (χ0n) is 10.2. The fourth-order valence-corrected chi connectivity index (χ4v) is 2.87. The Labute approximate surface area is 89.5 Å². The molecule has 0 heterocycles. The number of hydrogen-bond acceptors (Lipinski definition) is 1. The molecule has 0 amide bonds. The van der Waals surface area contributed by atoms with Gasteiger partial charge in [-0.1, -0.05) is 40.0 Å². The van der Waals surface area contributed by atoms with Crippen LogP contribution in [0.2, 0.25) is 0 Å². The van der Waals surface area contributed by atoms with Crippen LogP contribution in [0.5, 0.6) is 0 Å². The van der Waals surface area contributed by atoms with Gasteiger partial charge in [0.25, 0.3) is 0 Å². The van der Waals surface area contributed by atoms with Crippen LogP contribution in [-0.4, -0.2) is 6.54 Å². The average Bonchev–Trinajstić information content (AvgIpc) is 2.90. The van der Waals surface area contributed by atoms with Gasteiger partial charge in [-0.25, -0.2) is 0 Å². The van der Waals surface area contributed by atoms with E-state index in [1.54, 1.807) is 0 Å². The van der Waals surface area contributed by atoms with Crippen LogP contribution in [0.1, 0.15) is 59.3 Å². The van der Waals surface area contributed by atoms with Crippen LogP contribution in [0.3, 0.4) is 0 Å². The number of hydrogen-bond donors (Lipinski definition) is 1. The summed E-state index contributed by atoms with van der Waals surface area (Å²) < 4.78 is 0. The van der Waals surface area contributed by atoms with Crippen molar-refractivity contribution in [1.82, 2.24) is 0 Å². The van der Waals surface area contributed by atoms with E-state index in [1.165, 1.54) is 38.5 Å². The summed E-state index contributed by atoms with van der Waals surface area (Å²) in [5, 5.41) is 0. The van der Waals surface area contributed by atoms with Gasteiger partial charge in [0.1, 0.15) is 0 Å². The van der Waals surface area contributed by atoms with Crippen molar-refractivity contribution in [2.45, 2.75) is 59.3 Å². The standard InChI is InChI=1S/C13H27N/c1-4-13(5-2)10-12(13)7-6-11(3)8-9-14/h11-12H,4-10,14H2,1-3H3. The van der Waals surface area contributed by atoms with E-state index in [-0.39, 0.29) is 0 Å². The van der Waals surface area contributed by atoms with E-state index < -0.39 is 0 Å². The molecule has 0 bridgehead atoms. The van der Waals surface area contributed by atoms with E-state index >= 15 is 0 Å². The Morgan fingerprint density at radius 1 is 1.29 bits per heavy atom. The molecule has 1 nitrogen and oxygen atoms in total. The zero-order valence-corrected chi connectivity index (χ0v) is 10.2. The van der Waals surface area contributed by atoms with Gasteiger partial charge in [0.15, 0.2) is 0 Å². The molecule has 0 radical (unpaired) electrons. The van der Waals surface area contributed by atoms with Crippen molar-refractivity contribution in [2.24, 2.45) is 23.0 Å². The molecule has 0 spiro atoms. The quantitative estimate of drug-likeness (QED) is 0.663. The molecule has 84 valence electrons. The van der Waals surface area contributed by atoms with Gasteiger partial charge in [0, 0.05) is 0 Å². The first-order valence-corrected chi connectivity index (χ1v) is 6.38. The molecule has 1 saturated carbocycles. The minimum atomic E-state index is 0.752. The normalized spacial score (nSPS) is 26.1. The van der Waals surface area contributed by atoms with Crippen LogP contribution in [0.15, 0.2) is 0 Å². The lowest BCUT2D eigenvalue weighted by Gasteiger charge is -2.14. The van der Waals surface area contributed by atoms with Crippen LogP contribution in [0.25, 0.3) is 0 Å². The molecule has 1 aliphatic rings. The molecule has 1 heteroatoms. The maximum absolute atomic E-state index is 5.56. The first-order chi connectivity index (χ1) is 6.68. The summed E-state index contributed by atoms with van der Waals surface area (Å²) in [6.45, 7) is 7.91. The van der Waals surface area contributed by atoms with Gasteiger partial charge >= 0.3 is 0 Å². The van der Waals surface area contributed by atoms with Crippen LogP contribution in [0.4, 0.5) is 0 Å². The Hall–Kier alpha value is -0.0400. The summed E-state index contributed by atoms with van der Waals surface area (Å²) in [5.41, 5.74) is 6.31. The molecule has 0 aromatic rings. The minimum absolute atomic E-state index is 0.752. The molecule has 0 aromatic carbocycles. The smallest absolute Gasteiger partial charge is 0.00747 e. The first kappa shape index (κ1) is 12.0. The Bertz CT molecular complexity index is 161. The average molecular weight is 197 g/mol. The van der Waals surface area contributed by atoms with Crippen LogP contribution >= 0.6 is 0 Å². The minimum Gasteiger partial charge on any atom is -0.330 e. The second kappa shape index (κ2) is 5.16. The molecular weight excluding hydrogens is 170 g/mol. The van der Waals surface area contributed by atoms with Gasteiger partial charge in [0.05, 0.1) is 0 Å². The Morgan fingerprint density at radius 3 is 2.36 bits per heavy atom. The van der Waals surface area contributed by atoms with Crippen molar-refractivity contribution in [3.8, 4) is 0 Å². The van der Waals surface area contributed by atoms with Gasteiger partial charge in [-0.3, -0.25) is 0 Å². The molecule has 0 saturated heterocycles. The molecule has 0 aromatic heterocycles. The van der Waals surface area contributed by atoms with Crippen molar-refractivity contribution in [3.63, 3.8) is 0 Å². The number of nitrogens with two attached hydrogens (primary N) is 1. The van der Waals surface area contributed by atoms with Gasteiger partial charge in [0.2, 0.25) is 0 Å². The van der Waals surface area contributed by atoms with E-state index in [0.29, 0.717) is 0 Å². The molecular formula is C13H27N. The highest BCUT2D eigenvalue weighted by Gasteiger charge is 2.49. The summed E-state index contributed by atoms with van der Waals surface area (Å²) in [6.07, 6.45) is 8.32. The second-order valence-electron chi connectivity index (χ2n) is 5.23. The maximum atomic E-state index is 5.56. The lowest BCUT2D eigenvalue weighted by molar-refractivity contribution is 0.379. The van der Waals surface area contributed by atoms with Crippen molar-refractivity contribution < 1.29 is 0 Å². The number of rotatable bonds is 7. The van der Waals surface area contributed by atoms with Crippen molar-refractivity contribution in [3.05, 3.63) is 0 Å². The summed E-state index contributed by atoms with van der Waals surface area (Å²) in [5.74, 6) is 1.88. The Morgan fingerprint density at radius 2 is 1.93 bits per heavy atom. The van der Waals surface area contributed by atoms with Crippen LogP contribution < -0.4 is 5.73 Å². The van der Waals surface area contributed by atoms with E-state index in [1.807, 2.05) is 0 Å². The summed E-state index contributed by atoms with van der Waals surface area (Å²) in [6, 6.07) is 0. The lowest BCUT2D eigenvalue weighted by Crippen LogP contribution is -2.07. The lowest BCUT2D eigenvalue weighted by atomic mass is 9.92. The zero-order chi connectivity index (χ0) is 10.6. The van der Waals surface area contributed by atoms with Gasteiger partial charge in [-0.15, -0.1) is 0 Å². The summed E-state index contributed by atoms with van der Waals surface area (Å²) in [7, 11) is 0. The molecule has 2 N–H and O–H groups in total. The van der Waals surface area contributed by atoms with E-state index in [4.69, 9.17) is 5.73 Å². The van der Waals surface area contributed by atoms with E-state index in [2.05, 4.69) is 20.8 Å². The Balaban J connectivity index is 2.16. The fraction of sp³-hybridized carbons (Fsp3) is 1.00. The molecule has 1 aliphatic carbocycles. The fourth-order valence-electron chi connectivity index (χ4n) is 2.87. The van der Waals surface area contributed by atoms with Gasteiger partial charge in [-0.2, -0.15) is 0 Å². The highest BCUT2D eigenvalue weighted by molar-refractivity contribution is 4.99. The predicted molar refractivity (Wildman–Crippen MR) is 63.2 cm³/mol. The summed E-state index contributed by atoms with van der Waals surface area (Å²) in [4.78, 5) is 0. The molecule has 2 atom stereocenters. The van der Waals surface area contributed by atoms with Crippen molar-refractivity contribution in [1.29, 1.82) is 0 Å². The maximum Gasteiger partial charge on any atom is -0.00747 e. The first-order valence-electron chi connectivity index (χ1n) is 6.38. The molecule has 0 aliphatic heterocycles. The topological polar surface area (TPSA) is 26.0 Å². The van der Waals surface area contributed by atoms with Gasteiger partial charge in [-0.05, 0) is 43.1 Å². The third kappa shape index (κ3) is 2.73.